The summed E-state index contributed by atoms with van der Waals surface area (Å²) in [5.74, 6) is 0.355. The number of pyridine rings is 1. The van der Waals surface area contributed by atoms with Gasteiger partial charge >= 0.3 is 0 Å². The van der Waals surface area contributed by atoms with E-state index in [4.69, 9.17) is 5.73 Å². The molecule has 0 aliphatic carbocycles. The minimum absolute atomic E-state index is 0.355. The van der Waals surface area contributed by atoms with Crippen LogP contribution in [0.3, 0.4) is 0 Å². The maximum Gasteiger partial charge on any atom is 0.0965 e. The highest BCUT2D eigenvalue weighted by Crippen LogP contribution is 2.30. The molecule has 0 saturated carbocycles. The predicted octanol–water partition coefficient (Wildman–Crippen LogP) is 2.50. The summed E-state index contributed by atoms with van der Waals surface area (Å²) in [7, 11) is 1.92. The molecule has 2 N–H and O–H groups in total. The summed E-state index contributed by atoms with van der Waals surface area (Å²) in [5.41, 5.74) is 10.7. The van der Waals surface area contributed by atoms with Crippen LogP contribution in [0.1, 0.15) is 31.0 Å². The van der Waals surface area contributed by atoms with E-state index in [1.165, 1.54) is 0 Å². The number of hydrogen-bond acceptors (Lipinski definition) is 3. The standard InChI is InChI=1S/C13H18N4/c1-8(2)12-10(7-17(4)16-12)13-11(14)5-9(3)6-15-13/h5-8H,14H2,1-4H3. The molecule has 2 heterocycles. The molecule has 0 spiro atoms. The van der Waals surface area contributed by atoms with Crippen LogP contribution < -0.4 is 5.73 Å². The fourth-order valence-corrected chi connectivity index (χ4v) is 1.93. The molecule has 0 unspecified atom stereocenters. The van der Waals surface area contributed by atoms with E-state index in [9.17, 15) is 0 Å². The van der Waals surface area contributed by atoms with E-state index >= 15 is 0 Å². The molecule has 17 heavy (non-hydrogen) atoms. The molecule has 0 bridgehead atoms. The average Bonchev–Trinajstić information content (AvgIpc) is 2.60. The van der Waals surface area contributed by atoms with Gasteiger partial charge in [0.25, 0.3) is 0 Å². The number of aromatic nitrogens is 3. The third-order valence-corrected chi connectivity index (χ3v) is 2.71. The van der Waals surface area contributed by atoms with Crippen molar-refractivity contribution in [2.45, 2.75) is 26.7 Å². The van der Waals surface area contributed by atoms with Crippen molar-refractivity contribution in [3.8, 4) is 11.3 Å². The highest BCUT2D eigenvalue weighted by molar-refractivity contribution is 5.74. The first-order valence-corrected chi connectivity index (χ1v) is 5.75. The minimum atomic E-state index is 0.355. The molecule has 0 atom stereocenters. The second-order valence-corrected chi connectivity index (χ2v) is 4.71. The van der Waals surface area contributed by atoms with Crippen molar-refractivity contribution in [1.82, 2.24) is 14.8 Å². The van der Waals surface area contributed by atoms with Crippen molar-refractivity contribution < 1.29 is 0 Å². The Morgan fingerprint density at radius 2 is 2.06 bits per heavy atom. The molecule has 90 valence electrons. The van der Waals surface area contributed by atoms with E-state index in [2.05, 4.69) is 23.9 Å². The molecule has 0 radical (unpaired) electrons. The molecule has 0 aliphatic rings. The largest absolute Gasteiger partial charge is 0.397 e. The van der Waals surface area contributed by atoms with E-state index in [-0.39, 0.29) is 0 Å². The van der Waals surface area contributed by atoms with E-state index in [0.717, 1.165) is 22.5 Å². The normalized spacial score (nSPS) is 11.1. The van der Waals surface area contributed by atoms with Gasteiger partial charge in [-0.25, -0.2) is 0 Å². The smallest absolute Gasteiger partial charge is 0.0965 e. The van der Waals surface area contributed by atoms with Gasteiger partial charge in [0.15, 0.2) is 0 Å². The van der Waals surface area contributed by atoms with Crippen LogP contribution >= 0.6 is 0 Å². The van der Waals surface area contributed by atoms with Gasteiger partial charge in [-0.2, -0.15) is 5.10 Å². The third-order valence-electron chi connectivity index (χ3n) is 2.71. The molecule has 4 nitrogen and oxygen atoms in total. The van der Waals surface area contributed by atoms with Crippen molar-refractivity contribution in [3.05, 3.63) is 29.7 Å². The summed E-state index contributed by atoms with van der Waals surface area (Å²) >= 11 is 0. The van der Waals surface area contributed by atoms with Crippen LogP contribution in [0.4, 0.5) is 5.69 Å². The van der Waals surface area contributed by atoms with Crippen LogP contribution in [0, 0.1) is 6.92 Å². The summed E-state index contributed by atoms with van der Waals surface area (Å²) < 4.78 is 1.81. The Hall–Kier alpha value is -1.84. The summed E-state index contributed by atoms with van der Waals surface area (Å²) in [4.78, 5) is 4.43. The van der Waals surface area contributed by atoms with Gasteiger partial charge in [0.1, 0.15) is 0 Å². The zero-order valence-electron chi connectivity index (χ0n) is 10.7. The quantitative estimate of drug-likeness (QED) is 0.862. The van der Waals surface area contributed by atoms with Crippen LogP contribution in [0.2, 0.25) is 0 Å². The lowest BCUT2D eigenvalue weighted by Crippen LogP contribution is -1.97. The topological polar surface area (TPSA) is 56.7 Å². The summed E-state index contributed by atoms with van der Waals surface area (Å²) in [6.07, 6.45) is 3.81. The Kier molecular flexibility index (Phi) is 2.88. The maximum atomic E-state index is 6.03. The van der Waals surface area contributed by atoms with Crippen LogP contribution in [0.25, 0.3) is 11.3 Å². The first-order chi connectivity index (χ1) is 7.99. The second-order valence-electron chi connectivity index (χ2n) is 4.71. The van der Waals surface area contributed by atoms with Gasteiger partial charge in [0.05, 0.1) is 17.1 Å². The molecule has 0 aliphatic heterocycles. The van der Waals surface area contributed by atoms with E-state index < -0.39 is 0 Å². The van der Waals surface area contributed by atoms with Gasteiger partial charge in [-0.05, 0) is 24.5 Å². The lowest BCUT2D eigenvalue weighted by atomic mass is 10.0. The Bertz CT molecular complexity index is 540. The molecule has 0 fully saturated rings. The molecule has 0 amide bonds. The van der Waals surface area contributed by atoms with Gasteiger partial charge in [0, 0.05) is 25.0 Å². The Morgan fingerprint density at radius 3 is 2.65 bits per heavy atom. The number of rotatable bonds is 2. The predicted molar refractivity (Wildman–Crippen MR) is 69.7 cm³/mol. The summed E-state index contributed by atoms with van der Waals surface area (Å²) in [6, 6.07) is 1.94. The van der Waals surface area contributed by atoms with E-state index in [1.807, 2.05) is 37.1 Å². The maximum absolute atomic E-state index is 6.03. The highest BCUT2D eigenvalue weighted by atomic mass is 15.3. The van der Waals surface area contributed by atoms with Gasteiger partial charge in [-0.3, -0.25) is 9.67 Å². The number of nitrogen functional groups attached to an aromatic ring is 1. The van der Waals surface area contributed by atoms with Crippen molar-refractivity contribution >= 4 is 5.69 Å². The van der Waals surface area contributed by atoms with Crippen molar-refractivity contribution in [1.29, 1.82) is 0 Å². The molecule has 0 aromatic carbocycles. The Labute approximate surface area is 101 Å². The van der Waals surface area contributed by atoms with Crippen LogP contribution in [0.15, 0.2) is 18.5 Å². The number of hydrogen-bond donors (Lipinski definition) is 1. The summed E-state index contributed by atoms with van der Waals surface area (Å²) in [6.45, 7) is 6.23. The van der Waals surface area contributed by atoms with E-state index in [1.54, 1.807) is 0 Å². The summed E-state index contributed by atoms with van der Waals surface area (Å²) in [5, 5.41) is 4.47. The van der Waals surface area contributed by atoms with Crippen LogP contribution in [-0.4, -0.2) is 14.8 Å². The van der Waals surface area contributed by atoms with Crippen molar-refractivity contribution in [2.24, 2.45) is 7.05 Å². The van der Waals surface area contributed by atoms with Gasteiger partial charge in [0.2, 0.25) is 0 Å². The SMILES string of the molecule is Cc1cnc(-c2cn(C)nc2C(C)C)c(N)c1. The number of aryl methyl sites for hydroxylation is 2. The zero-order chi connectivity index (χ0) is 12.6. The minimum Gasteiger partial charge on any atom is -0.397 e. The number of nitrogens with two attached hydrogens (primary N) is 1. The van der Waals surface area contributed by atoms with Crippen LogP contribution in [-0.2, 0) is 7.05 Å². The molecular formula is C13H18N4. The van der Waals surface area contributed by atoms with Crippen LogP contribution in [0.5, 0.6) is 0 Å². The number of anilines is 1. The molecule has 2 rings (SSSR count). The van der Waals surface area contributed by atoms with E-state index in [0.29, 0.717) is 11.6 Å². The first kappa shape index (κ1) is 11.6. The van der Waals surface area contributed by atoms with Gasteiger partial charge in [-0.15, -0.1) is 0 Å². The highest BCUT2D eigenvalue weighted by Gasteiger charge is 2.16. The fourth-order valence-electron chi connectivity index (χ4n) is 1.93. The Morgan fingerprint density at radius 1 is 1.35 bits per heavy atom. The Balaban J connectivity index is 2.59. The van der Waals surface area contributed by atoms with Gasteiger partial charge < -0.3 is 5.73 Å². The lowest BCUT2D eigenvalue weighted by molar-refractivity contribution is 0.713. The lowest BCUT2D eigenvalue weighted by Gasteiger charge is -2.07. The molecule has 4 heteroatoms. The molecule has 2 aromatic rings. The second kappa shape index (κ2) is 4.20. The first-order valence-electron chi connectivity index (χ1n) is 5.75. The molecule has 2 aromatic heterocycles. The molecule has 0 saturated heterocycles. The monoisotopic (exact) mass is 230 g/mol. The van der Waals surface area contributed by atoms with Gasteiger partial charge in [-0.1, -0.05) is 13.8 Å². The number of nitrogens with zero attached hydrogens (tertiary/aromatic N) is 3. The molecular weight excluding hydrogens is 212 g/mol. The van der Waals surface area contributed by atoms with Crippen molar-refractivity contribution in [2.75, 3.05) is 5.73 Å². The zero-order valence-corrected chi connectivity index (χ0v) is 10.7. The van der Waals surface area contributed by atoms with Crippen molar-refractivity contribution in [3.63, 3.8) is 0 Å². The third kappa shape index (κ3) is 2.16. The average molecular weight is 230 g/mol. The fraction of sp³-hybridized carbons (Fsp3) is 0.385.